The molecule has 0 N–H and O–H groups in total. The monoisotopic (exact) mass is 317 g/mol. The molecule has 24 heavy (non-hydrogen) atoms. The van der Waals surface area contributed by atoms with Crippen LogP contribution < -0.4 is 0 Å². The van der Waals surface area contributed by atoms with Crippen molar-refractivity contribution in [2.24, 2.45) is 0 Å². The molecule has 1 aliphatic carbocycles. The molecular formula is C22H23NO. The maximum Gasteiger partial charge on any atom is 0.150 e. The molecule has 2 aromatic rings. The lowest BCUT2D eigenvalue weighted by molar-refractivity contribution is 0.112. The van der Waals surface area contributed by atoms with Gasteiger partial charge in [0.15, 0.2) is 0 Å². The van der Waals surface area contributed by atoms with Crippen molar-refractivity contribution < 1.29 is 4.79 Å². The highest BCUT2D eigenvalue weighted by atomic mass is 16.1. The van der Waals surface area contributed by atoms with Crippen molar-refractivity contribution >= 4 is 11.9 Å². The first-order valence-electron chi connectivity index (χ1n) is 8.83. The van der Waals surface area contributed by atoms with Crippen molar-refractivity contribution in [2.75, 3.05) is 20.1 Å². The first-order chi connectivity index (χ1) is 11.8. The minimum absolute atomic E-state index is 0.777. The van der Waals surface area contributed by atoms with Crippen molar-refractivity contribution in [3.05, 3.63) is 75.9 Å². The first-order valence-corrected chi connectivity index (χ1v) is 8.83. The summed E-state index contributed by atoms with van der Waals surface area (Å²) in [5.41, 5.74) is 9.18. The maximum atomic E-state index is 11.3. The van der Waals surface area contributed by atoms with E-state index in [1.165, 1.54) is 27.8 Å². The van der Waals surface area contributed by atoms with Crippen molar-refractivity contribution in [1.29, 1.82) is 0 Å². The molecule has 2 nitrogen and oxygen atoms in total. The van der Waals surface area contributed by atoms with Gasteiger partial charge in [-0.1, -0.05) is 42.0 Å². The van der Waals surface area contributed by atoms with Crippen LogP contribution in [0.5, 0.6) is 0 Å². The van der Waals surface area contributed by atoms with E-state index in [1.807, 2.05) is 6.07 Å². The molecule has 2 aromatic carbocycles. The average molecular weight is 317 g/mol. The van der Waals surface area contributed by atoms with Gasteiger partial charge in [0.2, 0.25) is 0 Å². The fourth-order valence-electron chi connectivity index (χ4n) is 4.03. The van der Waals surface area contributed by atoms with E-state index < -0.39 is 0 Å². The standard InChI is InChI=1S/C22H23NO/c1-23-12-10-19(11-13-23)22-20-5-3-2-4-17(20)8-9-18-7-6-16(15-24)14-21(18)22/h2-7,14-15H,8-13H2,1H3. The summed E-state index contributed by atoms with van der Waals surface area (Å²) < 4.78 is 0. The maximum absolute atomic E-state index is 11.3. The molecule has 0 amide bonds. The number of benzene rings is 2. The van der Waals surface area contributed by atoms with Crippen LogP contribution in [-0.4, -0.2) is 31.3 Å². The van der Waals surface area contributed by atoms with E-state index in [4.69, 9.17) is 0 Å². The Labute approximate surface area is 143 Å². The molecule has 0 unspecified atom stereocenters. The Morgan fingerprint density at radius 2 is 1.58 bits per heavy atom. The molecule has 1 heterocycles. The normalized spacial score (nSPS) is 17.9. The quantitative estimate of drug-likeness (QED) is 0.737. The highest BCUT2D eigenvalue weighted by molar-refractivity contribution is 5.88. The third-order valence-electron chi connectivity index (χ3n) is 5.43. The van der Waals surface area contributed by atoms with Gasteiger partial charge in [0, 0.05) is 18.7 Å². The molecule has 1 aliphatic heterocycles. The molecular weight excluding hydrogens is 294 g/mol. The SMILES string of the molecule is CN1CCC(=C2c3ccccc3CCc3ccc(C=O)cc32)CC1. The summed E-state index contributed by atoms with van der Waals surface area (Å²) in [7, 11) is 2.20. The van der Waals surface area contributed by atoms with Gasteiger partial charge in [0.25, 0.3) is 0 Å². The number of aryl methyl sites for hydroxylation is 2. The van der Waals surface area contributed by atoms with Gasteiger partial charge in [0.1, 0.15) is 6.29 Å². The average Bonchev–Trinajstić information content (AvgIpc) is 2.79. The third-order valence-corrected chi connectivity index (χ3v) is 5.43. The van der Waals surface area contributed by atoms with Gasteiger partial charge in [-0.25, -0.2) is 0 Å². The van der Waals surface area contributed by atoms with Crippen molar-refractivity contribution in [3.8, 4) is 0 Å². The van der Waals surface area contributed by atoms with Gasteiger partial charge in [0.05, 0.1) is 0 Å². The Kier molecular flexibility index (Phi) is 4.07. The van der Waals surface area contributed by atoms with Crippen LogP contribution in [-0.2, 0) is 12.8 Å². The van der Waals surface area contributed by atoms with Gasteiger partial charge in [-0.05, 0) is 66.6 Å². The minimum Gasteiger partial charge on any atom is -0.306 e. The van der Waals surface area contributed by atoms with Crippen LogP contribution in [0.2, 0.25) is 0 Å². The fraction of sp³-hybridized carbons (Fsp3) is 0.318. The number of rotatable bonds is 1. The number of hydrogen-bond donors (Lipinski definition) is 0. The summed E-state index contributed by atoms with van der Waals surface area (Å²) in [5, 5.41) is 0. The Balaban J connectivity index is 1.96. The lowest BCUT2D eigenvalue weighted by atomic mass is 9.86. The Morgan fingerprint density at radius 3 is 2.33 bits per heavy atom. The van der Waals surface area contributed by atoms with Crippen LogP contribution in [0.25, 0.3) is 5.57 Å². The second-order valence-electron chi connectivity index (χ2n) is 6.97. The third kappa shape index (κ3) is 2.71. The molecule has 0 spiro atoms. The molecule has 2 aliphatic rings. The van der Waals surface area contributed by atoms with Crippen molar-refractivity contribution in [1.82, 2.24) is 4.90 Å². The molecule has 2 heteroatoms. The topological polar surface area (TPSA) is 20.3 Å². The summed E-state index contributed by atoms with van der Waals surface area (Å²) >= 11 is 0. The lowest BCUT2D eigenvalue weighted by Crippen LogP contribution is -2.27. The van der Waals surface area contributed by atoms with E-state index in [0.29, 0.717) is 0 Å². The van der Waals surface area contributed by atoms with E-state index in [1.54, 1.807) is 5.57 Å². The largest absolute Gasteiger partial charge is 0.306 e. The Hall–Kier alpha value is -2.19. The second-order valence-corrected chi connectivity index (χ2v) is 6.97. The molecule has 0 atom stereocenters. The molecule has 0 aromatic heterocycles. The number of carbonyl (C=O) groups excluding carboxylic acids is 1. The van der Waals surface area contributed by atoms with Crippen LogP contribution in [0.3, 0.4) is 0 Å². The van der Waals surface area contributed by atoms with Crippen LogP contribution in [0.4, 0.5) is 0 Å². The van der Waals surface area contributed by atoms with Gasteiger partial charge in [-0.2, -0.15) is 0 Å². The van der Waals surface area contributed by atoms with E-state index >= 15 is 0 Å². The van der Waals surface area contributed by atoms with Crippen LogP contribution >= 0.6 is 0 Å². The number of aldehydes is 1. The fourth-order valence-corrected chi connectivity index (χ4v) is 4.03. The van der Waals surface area contributed by atoms with Crippen LogP contribution in [0, 0.1) is 0 Å². The van der Waals surface area contributed by atoms with Gasteiger partial charge < -0.3 is 4.90 Å². The molecule has 122 valence electrons. The molecule has 0 radical (unpaired) electrons. The summed E-state index contributed by atoms with van der Waals surface area (Å²) in [6.45, 7) is 2.23. The van der Waals surface area contributed by atoms with E-state index in [0.717, 1.165) is 50.6 Å². The summed E-state index contributed by atoms with van der Waals surface area (Å²) in [6.07, 6.45) is 5.31. The molecule has 1 fully saturated rings. The molecule has 4 rings (SSSR count). The number of carbonyl (C=O) groups is 1. The smallest absolute Gasteiger partial charge is 0.150 e. The van der Waals surface area contributed by atoms with E-state index in [9.17, 15) is 4.79 Å². The zero-order valence-corrected chi connectivity index (χ0v) is 14.2. The van der Waals surface area contributed by atoms with Gasteiger partial charge >= 0.3 is 0 Å². The highest BCUT2D eigenvalue weighted by Crippen LogP contribution is 2.38. The summed E-state index contributed by atoms with van der Waals surface area (Å²) in [6, 6.07) is 15.0. The van der Waals surface area contributed by atoms with Crippen molar-refractivity contribution in [2.45, 2.75) is 25.7 Å². The number of likely N-dealkylation sites (tertiary alicyclic amines) is 1. The zero-order chi connectivity index (χ0) is 16.5. The Bertz CT molecular complexity index is 808. The van der Waals surface area contributed by atoms with E-state index in [2.05, 4.69) is 48.3 Å². The summed E-state index contributed by atoms with van der Waals surface area (Å²) in [5.74, 6) is 0. The van der Waals surface area contributed by atoms with E-state index in [-0.39, 0.29) is 0 Å². The molecule has 0 bridgehead atoms. The lowest BCUT2D eigenvalue weighted by Gasteiger charge is -2.27. The number of nitrogens with zero attached hydrogens (tertiary/aromatic N) is 1. The predicted molar refractivity (Wildman–Crippen MR) is 98.4 cm³/mol. The van der Waals surface area contributed by atoms with Gasteiger partial charge in [-0.3, -0.25) is 4.79 Å². The first kappa shape index (κ1) is 15.3. The predicted octanol–water partition coefficient (Wildman–Crippen LogP) is 4.13. The molecule has 1 saturated heterocycles. The van der Waals surface area contributed by atoms with Crippen LogP contribution in [0.15, 0.2) is 48.0 Å². The Morgan fingerprint density at radius 1 is 0.875 bits per heavy atom. The number of hydrogen-bond acceptors (Lipinski definition) is 2. The highest BCUT2D eigenvalue weighted by Gasteiger charge is 2.23. The van der Waals surface area contributed by atoms with Gasteiger partial charge in [-0.15, -0.1) is 0 Å². The summed E-state index contributed by atoms with van der Waals surface area (Å²) in [4.78, 5) is 13.7. The zero-order valence-electron chi connectivity index (χ0n) is 14.2. The van der Waals surface area contributed by atoms with Crippen LogP contribution in [0.1, 0.15) is 45.5 Å². The minimum atomic E-state index is 0.777. The number of piperidine rings is 1. The van der Waals surface area contributed by atoms with Crippen molar-refractivity contribution in [3.63, 3.8) is 0 Å². The number of fused-ring (bicyclic) bond motifs is 2. The molecule has 0 saturated carbocycles. The second kappa shape index (κ2) is 6.37.